The number of nitrogens with one attached hydrogen (secondary N) is 2. The van der Waals surface area contributed by atoms with Gasteiger partial charge in [0, 0.05) is 17.6 Å². The summed E-state index contributed by atoms with van der Waals surface area (Å²) in [5, 5.41) is 10.6. The monoisotopic (exact) mass is 364 g/mol. The Morgan fingerprint density at radius 3 is 2.82 bits per heavy atom. The highest BCUT2D eigenvalue weighted by Crippen LogP contribution is 2.22. The number of aryl methyl sites for hydroxylation is 1. The fourth-order valence-corrected chi connectivity index (χ4v) is 2.71. The predicted octanol–water partition coefficient (Wildman–Crippen LogP) is 3.43. The number of rotatable bonds is 5. The Morgan fingerprint density at radius 1 is 1.41 bits per heavy atom. The molecule has 2 N–H and O–H groups in total. The van der Waals surface area contributed by atoms with Crippen LogP contribution in [0.1, 0.15) is 36.9 Å². The molecule has 0 fully saturated rings. The first-order valence-electron chi connectivity index (χ1n) is 7.30. The van der Waals surface area contributed by atoms with Crippen LogP contribution in [0, 0.1) is 0 Å². The van der Waals surface area contributed by atoms with E-state index < -0.39 is 0 Å². The van der Waals surface area contributed by atoms with Gasteiger partial charge >= 0.3 is 0 Å². The van der Waals surface area contributed by atoms with E-state index in [0.717, 1.165) is 28.3 Å². The molecule has 1 aromatic heterocycles. The third-order valence-corrected chi connectivity index (χ3v) is 4.07. The lowest BCUT2D eigenvalue weighted by atomic mass is 10.1. The lowest BCUT2D eigenvalue weighted by molar-refractivity contribution is 0.374. The number of nitrogens with zero attached hydrogens (tertiary/aromatic N) is 2. The van der Waals surface area contributed by atoms with Crippen LogP contribution in [0.2, 0.25) is 0 Å². The first-order valence-corrected chi connectivity index (χ1v) is 8.09. The van der Waals surface area contributed by atoms with Crippen LogP contribution in [-0.4, -0.2) is 18.2 Å². The highest BCUT2D eigenvalue weighted by atomic mass is 79.9. The Hall–Kier alpha value is -1.82. The average Bonchev–Trinajstić information content (AvgIpc) is 2.99. The quantitative estimate of drug-likeness (QED) is 0.630. The van der Waals surface area contributed by atoms with Gasteiger partial charge in [-0.15, -0.1) is 0 Å². The van der Waals surface area contributed by atoms with Crippen LogP contribution < -0.4 is 10.6 Å². The van der Waals surface area contributed by atoms with Gasteiger partial charge in [0.15, 0.2) is 11.7 Å². The Kier molecular flexibility index (Phi) is 6.00. The summed E-state index contributed by atoms with van der Waals surface area (Å²) in [5.74, 6) is 1.52. The second kappa shape index (κ2) is 7.98. The van der Waals surface area contributed by atoms with Gasteiger partial charge in [-0.1, -0.05) is 46.2 Å². The third kappa shape index (κ3) is 4.34. The summed E-state index contributed by atoms with van der Waals surface area (Å²) in [7, 11) is 1.75. The summed E-state index contributed by atoms with van der Waals surface area (Å²) in [6.07, 6.45) is 0.871. The molecule has 0 amide bonds. The van der Waals surface area contributed by atoms with E-state index >= 15 is 0 Å². The summed E-state index contributed by atoms with van der Waals surface area (Å²) in [6, 6.07) is 10.2. The van der Waals surface area contributed by atoms with Crippen molar-refractivity contribution < 1.29 is 4.52 Å². The Balaban J connectivity index is 1.93. The average molecular weight is 365 g/mol. The van der Waals surface area contributed by atoms with Crippen LogP contribution in [0.15, 0.2) is 44.3 Å². The summed E-state index contributed by atoms with van der Waals surface area (Å²) < 4.78 is 6.33. The molecule has 1 heterocycles. The van der Waals surface area contributed by atoms with E-state index in [4.69, 9.17) is 4.52 Å². The van der Waals surface area contributed by atoms with Crippen LogP contribution in [0.4, 0.5) is 0 Å². The van der Waals surface area contributed by atoms with Crippen LogP contribution in [-0.2, 0) is 13.0 Å². The van der Waals surface area contributed by atoms with Gasteiger partial charge in [-0.25, -0.2) is 0 Å². The van der Waals surface area contributed by atoms with Gasteiger partial charge in [0.2, 0.25) is 0 Å². The normalized spacial score (nSPS) is 13.0. The van der Waals surface area contributed by atoms with E-state index in [-0.39, 0.29) is 6.04 Å². The molecule has 0 spiro atoms. The number of benzene rings is 1. The maximum absolute atomic E-state index is 5.26. The summed E-state index contributed by atoms with van der Waals surface area (Å²) in [4.78, 5) is 4.24. The van der Waals surface area contributed by atoms with Gasteiger partial charge in [-0.05, 0) is 25.0 Å². The van der Waals surface area contributed by atoms with Crippen LogP contribution in [0.25, 0.3) is 0 Å². The summed E-state index contributed by atoms with van der Waals surface area (Å²) in [6.45, 7) is 4.70. The van der Waals surface area contributed by atoms with Gasteiger partial charge in [0.05, 0.1) is 18.3 Å². The summed E-state index contributed by atoms with van der Waals surface area (Å²) in [5.41, 5.74) is 2.14. The fourth-order valence-electron chi connectivity index (χ4n) is 2.08. The molecule has 0 aliphatic heterocycles. The van der Waals surface area contributed by atoms with Crippen LogP contribution in [0.3, 0.4) is 0 Å². The number of hydrogen-bond donors (Lipinski definition) is 2. The number of halogens is 1. The number of guanidine groups is 1. The number of hydrogen-bond acceptors (Lipinski definition) is 3. The van der Waals surface area contributed by atoms with Crippen molar-refractivity contribution in [2.24, 2.45) is 4.99 Å². The minimum atomic E-state index is 0.128. The van der Waals surface area contributed by atoms with Crippen molar-refractivity contribution in [1.29, 1.82) is 0 Å². The zero-order valence-electron chi connectivity index (χ0n) is 13.1. The van der Waals surface area contributed by atoms with Gasteiger partial charge in [0.1, 0.15) is 0 Å². The molecular formula is C16H21BrN4O. The maximum atomic E-state index is 5.26. The maximum Gasteiger partial charge on any atom is 0.191 e. The molecule has 0 saturated carbocycles. The Bertz CT molecular complexity index is 639. The molecule has 2 rings (SSSR count). The molecule has 1 aromatic carbocycles. The molecule has 0 saturated heterocycles. The summed E-state index contributed by atoms with van der Waals surface area (Å²) >= 11 is 3.57. The number of aliphatic imine (C=N–C) groups is 1. The van der Waals surface area contributed by atoms with Gasteiger partial charge < -0.3 is 15.2 Å². The van der Waals surface area contributed by atoms with E-state index in [1.165, 1.54) is 5.56 Å². The van der Waals surface area contributed by atoms with E-state index in [9.17, 15) is 0 Å². The molecule has 118 valence electrons. The zero-order valence-corrected chi connectivity index (χ0v) is 14.6. The second-order valence-electron chi connectivity index (χ2n) is 4.95. The highest BCUT2D eigenvalue weighted by Gasteiger charge is 2.11. The molecule has 1 atom stereocenters. The molecule has 1 unspecified atom stereocenters. The molecule has 0 aliphatic carbocycles. The van der Waals surface area contributed by atoms with Crippen molar-refractivity contribution in [3.05, 3.63) is 51.8 Å². The first-order chi connectivity index (χ1) is 10.6. The Labute approximate surface area is 139 Å². The first kappa shape index (κ1) is 16.5. The van der Waals surface area contributed by atoms with Gasteiger partial charge in [-0.2, -0.15) is 0 Å². The fraction of sp³-hybridized carbons (Fsp3) is 0.375. The molecule has 0 radical (unpaired) electrons. The van der Waals surface area contributed by atoms with Crippen molar-refractivity contribution in [3.8, 4) is 0 Å². The molecule has 6 heteroatoms. The van der Waals surface area contributed by atoms with Gasteiger partial charge in [0.25, 0.3) is 0 Å². The van der Waals surface area contributed by atoms with Crippen molar-refractivity contribution in [2.45, 2.75) is 32.9 Å². The SMILES string of the molecule is CCc1cc(CNC(=NC)NC(C)c2ccccc2Br)on1. The van der Waals surface area contributed by atoms with E-state index in [0.29, 0.717) is 6.54 Å². The minimum Gasteiger partial charge on any atom is -0.359 e. The lowest BCUT2D eigenvalue weighted by Crippen LogP contribution is -2.38. The highest BCUT2D eigenvalue weighted by molar-refractivity contribution is 9.10. The van der Waals surface area contributed by atoms with Crippen molar-refractivity contribution in [3.63, 3.8) is 0 Å². The molecule has 0 aliphatic rings. The van der Waals surface area contributed by atoms with Crippen molar-refractivity contribution in [2.75, 3.05) is 7.05 Å². The predicted molar refractivity (Wildman–Crippen MR) is 91.8 cm³/mol. The molecular weight excluding hydrogens is 344 g/mol. The topological polar surface area (TPSA) is 62.5 Å². The Morgan fingerprint density at radius 2 is 2.18 bits per heavy atom. The standard InChI is InChI=1S/C16H21BrN4O/c1-4-12-9-13(22-21-12)10-19-16(18-3)20-11(2)14-7-5-6-8-15(14)17/h5-9,11H,4,10H2,1-3H3,(H2,18,19,20). The van der Waals surface area contributed by atoms with Crippen LogP contribution in [0.5, 0.6) is 0 Å². The second-order valence-corrected chi connectivity index (χ2v) is 5.81. The number of aromatic nitrogens is 1. The van der Waals surface area contributed by atoms with E-state index in [1.807, 2.05) is 24.3 Å². The minimum absolute atomic E-state index is 0.128. The van der Waals surface area contributed by atoms with E-state index in [2.05, 4.69) is 56.6 Å². The lowest BCUT2D eigenvalue weighted by Gasteiger charge is -2.18. The van der Waals surface area contributed by atoms with Crippen molar-refractivity contribution >= 4 is 21.9 Å². The van der Waals surface area contributed by atoms with Gasteiger partial charge in [-0.3, -0.25) is 4.99 Å². The smallest absolute Gasteiger partial charge is 0.191 e. The molecule has 0 bridgehead atoms. The molecule has 5 nitrogen and oxygen atoms in total. The van der Waals surface area contributed by atoms with Crippen molar-refractivity contribution in [1.82, 2.24) is 15.8 Å². The van der Waals surface area contributed by atoms with E-state index in [1.54, 1.807) is 7.05 Å². The zero-order chi connectivity index (χ0) is 15.9. The molecule has 22 heavy (non-hydrogen) atoms. The van der Waals surface area contributed by atoms with Crippen LogP contribution >= 0.6 is 15.9 Å². The largest absolute Gasteiger partial charge is 0.359 e. The third-order valence-electron chi connectivity index (χ3n) is 3.35. The molecule has 2 aromatic rings.